The van der Waals surface area contributed by atoms with Crippen LogP contribution in [0.5, 0.6) is 0 Å². The van der Waals surface area contributed by atoms with Crippen LogP contribution in [0.1, 0.15) is 52.9 Å². The van der Waals surface area contributed by atoms with Gasteiger partial charge in [0.15, 0.2) is 0 Å². The molecule has 1 aliphatic heterocycles. The van der Waals surface area contributed by atoms with Crippen molar-refractivity contribution < 1.29 is 14.0 Å². The van der Waals surface area contributed by atoms with E-state index >= 15 is 0 Å². The molecule has 0 saturated carbocycles. The van der Waals surface area contributed by atoms with Gasteiger partial charge in [0, 0.05) is 36.1 Å². The lowest BCUT2D eigenvalue weighted by atomic mass is 9.95. The van der Waals surface area contributed by atoms with Gasteiger partial charge in [-0.2, -0.15) is 5.26 Å². The average Bonchev–Trinajstić information content (AvgIpc) is 3.23. The average molecular weight is 500 g/mol. The van der Waals surface area contributed by atoms with Gasteiger partial charge >= 0.3 is 0 Å². The van der Waals surface area contributed by atoms with E-state index in [0.29, 0.717) is 30.0 Å². The summed E-state index contributed by atoms with van der Waals surface area (Å²) in [5.41, 5.74) is 4.09. The summed E-state index contributed by atoms with van der Waals surface area (Å²) >= 11 is 0. The van der Waals surface area contributed by atoms with Crippen LogP contribution in [0, 0.1) is 17.1 Å². The predicted molar refractivity (Wildman–Crippen MR) is 139 cm³/mol. The highest BCUT2D eigenvalue weighted by Gasteiger charge is 2.28. The standard InChI is InChI=1S/C29H30FN5O2/c30-21-12-10-20(11-13-21)29(37)32-22-14-16-34(17-15-22)19-27(36)33-28-25(18-31)24-8-4-5-9-26(24)35(28)23-6-2-1-3-7-23/h1-3,6-7,10-13,22H,4-5,8-9,14-17,19H2,(H,32,37)(H,33,36). The van der Waals surface area contributed by atoms with E-state index in [2.05, 4.69) is 21.6 Å². The van der Waals surface area contributed by atoms with Gasteiger partial charge in [-0.05, 0) is 80.5 Å². The van der Waals surface area contributed by atoms with Crippen molar-refractivity contribution in [3.8, 4) is 11.8 Å². The number of fused-ring (bicyclic) bond motifs is 1. The molecule has 7 nitrogen and oxygen atoms in total. The van der Waals surface area contributed by atoms with Crippen molar-refractivity contribution in [2.45, 2.75) is 44.6 Å². The SMILES string of the molecule is N#Cc1c2c(n(-c3ccccc3)c1NC(=O)CN1CCC(NC(=O)c3ccc(F)cc3)CC1)CCCC2. The van der Waals surface area contributed by atoms with Crippen LogP contribution in [0.25, 0.3) is 5.69 Å². The number of halogens is 1. The molecular formula is C29H30FN5O2. The van der Waals surface area contributed by atoms with Crippen LogP contribution in [0.3, 0.4) is 0 Å². The van der Waals surface area contributed by atoms with Crippen LogP contribution < -0.4 is 10.6 Å². The molecule has 2 aliphatic rings. The fraction of sp³-hybridized carbons (Fsp3) is 0.345. The largest absolute Gasteiger partial charge is 0.349 e. The second kappa shape index (κ2) is 11.0. The lowest BCUT2D eigenvalue weighted by molar-refractivity contribution is -0.117. The van der Waals surface area contributed by atoms with E-state index in [1.54, 1.807) is 0 Å². The van der Waals surface area contributed by atoms with Crippen LogP contribution >= 0.6 is 0 Å². The summed E-state index contributed by atoms with van der Waals surface area (Å²) in [6, 6.07) is 17.7. The van der Waals surface area contributed by atoms with E-state index in [1.807, 2.05) is 34.9 Å². The molecule has 3 aromatic rings. The maximum Gasteiger partial charge on any atom is 0.251 e. The van der Waals surface area contributed by atoms with Crippen LogP contribution in [-0.2, 0) is 17.6 Å². The number of nitrogens with one attached hydrogen (secondary N) is 2. The molecule has 2 N–H and O–H groups in total. The first-order chi connectivity index (χ1) is 18.0. The van der Waals surface area contributed by atoms with Crippen molar-refractivity contribution in [2.24, 2.45) is 0 Å². The molecule has 2 amide bonds. The number of piperidine rings is 1. The number of carbonyl (C=O) groups excluding carboxylic acids is 2. The second-order valence-electron chi connectivity index (χ2n) is 9.72. The summed E-state index contributed by atoms with van der Waals surface area (Å²) < 4.78 is 15.2. The zero-order chi connectivity index (χ0) is 25.8. The minimum absolute atomic E-state index is 0.00379. The fourth-order valence-corrected chi connectivity index (χ4v) is 5.38. The van der Waals surface area contributed by atoms with Gasteiger partial charge in [-0.25, -0.2) is 4.39 Å². The van der Waals surface area contributed by atoms with Crippen molar-refractivity contribution >= 4 is 17.6 Å². The molecule has 0 atom stereocenters. The zero-order valence-electron chi connectivity index (χ0n) is 20.7. The topological polar surface area (TPSA) is 90.2 Å². The molecule has 8 heteroatoms. The Morgan fingerprint density at radius 3 is 2.41 bits per heavy atom. The first-order valence-electron chi connectivity index (χ1n) is 12.8. The molecule has 0 spiro atoms. The van der Waals surface area contributed by atoms with Crippen LogP contribution in [0.15, 0.2) is 54.6 Å². The third-order valence-corrected chi connectivity index (χ3v) is 7.25. The summed E-state index contributed by atoms with van der Waals surface area (Å²) in [6.07, 6.45) is 5.27. The molecular weight excluding hydrogens is 469 g/mol. The third-order valence-electron chi connectivity index (χ3n) is 7.25. The minimum atomic E-state index is -0.374. The molecule has 190 valence electrons. The molecule has 2 aromatic carbocycles. The van der Waals surface area contributed by atoms with E-state index in [0.717, 1.165) is 55.5 Å². The van der Waals surface area contributed by atoms with Gasteiger partial charge in [0.2, 0.25) is 5.91 Å². The molecule has 0 bridgehead atoms. The Kier molecular flexibility index (Phi) is 7.33. The molecule has 37 heavy (non-hydrogen) atoms. The lowest BCUT2D eigenvalue weighted by Gasteiger charge is -2.31. The van der Waals surface area contributed by atoms with Crippen molar-refractivity contribution in [1.82, 2.24) is 14.8 Å². The first kappa shape index (κ1) is 24.7. The van der Waals surface area contributed by atoms with Gasteiger partial charge in [-0.1, -0.05) is 18.2 Å². The van der Waals surface area contributed by atoms with E-state index in [9.17, 15) is 19.2 Å². The molecule has 1 fully saturated rings. The summed E-state index contributed by atoms with van der Waals surface area (Å²) in [7, 11) is 0. The van der Waals surface area contributed by atoms with Crippen LogP contribution in [0.2, 0.25) is 0 Å². The predicted octanol–water partition coefficient (Wildman–Crippen LogP) is 4.20. The Morgan fingerprint density at radius 2 is 1.70 bits per heavy atom. The highest BCUT2D eigenvalue weighted by atomic mass is 19.1. The van der Waals surface area contributed by atoms with Crippen molar-refractivity contribution in [1.29, 1.82) is 5.26 Å². The first-order valence-corrected chi connectivity index (χ1v) is 12.8. The number of aromatic nitrogens is 1. The van der Waals surface area contributed by atoms with E-state index in [4.69, 9.17) is 0 Å². The van der Waals surface area contributed by atoms with Gasteiger partial charge in [0.1, 0.15) is 17.7 Å². The van der Waals surface area contributed by atoms with Gasteiger partial charge in [-0.15, -0.1) is 0 Å². The number of benzene rings is 2. The molecule has 0 unspecified atom stereocenters. The number of hydrogen-bond donors (Lipinski definition) is 2. The van der Waals surface area contributed by atoms with Crippen molar-refractivity contribution in [3.05, 3.63) is 82.8 Å². The number of amides is 2. The molecule has 1 aliphatic carbocycles. The minimum Gasteiger partial charge on any atom is -0.349 e. The van der Waals surface area contributed by atoms with E-state index < -0.39 is 0 Å². The maximum absolute atomic E-state index is 13.1. The highest BCUT2D eigenvalue weighted by Crippen LogP contribution is 2.35. The monoisotopic (exact) mass is 499 g/mol. The summed E-state index contributed by atoms with van der Waals surface area (Å²) in [5.74, 6) is -0.184. The number of nitrogens with zero attached hydrogens (tertiary/aromatic N) is 3. The molecule has 1 aromatic heterocycles. The normalized spacial score (nSPS) is 16.0. The Morgan fingerprint density at radius 1 is 1.00 bits per heavy atom. The van der Waals surface area contributed by atoms with Gasteiger partial charge in [0.25, 0.3) is 5.91 Å². The third kappa shape index (κ3) is 5.42. The zero-order valence-corrected chi connectivity index (χ0v) is 20.7. The number of carbonyl (C=O) groups is 2. The van der Waals surface area contributed by atoms with Gasteiger partial charge < -0.3 is 10.6 Å². The highest BCUT2D eigenvalue weighted by molar-refractivity contribution is 5.94. The van der Waals surface area contributed by atoms with Crippen molar-refractivity contribution in [3.63, 3.8) is 0 Å². The summed E-state index contributed by atoms with van der Waals surface area (Å²) in [5, 5.41) is 16.1. The number of rotatable bonds is 6. The Labute approximate surface area is 215 Å². The number of para-hydroxylation sites is 1. The van der Waals surface area contributed by atoms with E-state index in [-0.39, 0.29) is 30.2 Å². The maximum atomic E-state index is 13.1. The summed E-state index contributed by atoms with van der Waals surface area (Å²) in [4.78, 5) is 27.6. The Hall–Kier alpha value is -3.96. The number of anilines is 1. The number of likely N-dealkylation sites (tertiary alicyclic amines) is 1. The van der Waals surface area contributed by atoms with Crippen LogP contribution in [-0.4, -0.2) is 47.0 Å². The molecule has 0 radical (unpaired) electrons. The number of nitriles is 1. The van der Waals surface area contributed by atoms with Gasteiger partial charge in [-0.3, -0.25) is 19.1 Å². The van der Waals surface area contributed by atoms with Crippen molar-refractivity contribution in [2.75, 3.05) is 25.0 Å². The Balaban J connectivity index is 1.23. The number of hydrogen-bond acceptors (Lipinski definition) is 4. The smallest absolute Gasteiger partial charge is 0.251 e. The van der Waals surface area contributed by atoms with Gasteiger partial charge in [0.05, 0.1) is 12.1 Å². The molecule has 2 heterocycles. The van der Waals surface area contributed by atoms with E-state index in [1.165, 1.54) is 24.3 Å². The summed E-state index contributed by atoms with van der Waals surface area (Å²) in [6.45, 7) is 1.56. The van der Waals surface area contributed by atoms with Crippen LogP contribution in [0.4, 0.5) is 10.2 Å². The fourth-order valence-electron chi connectivity index (χ4n) is 5.38. The lowest BCUT2D eigenvalue weighted by Crippen LogP contribution is -2.46. The Bertz CT molecular complexity index is 1320. The second-order valence-corrected chi connectivity index (χ2v) is 9.72. The molecule has 5 rings (SSSR count). The molecule has 1 saturated heterocycles. The quantitative estimate of drug-likeness (QED) is 0.532.